The van der Waals surface area contributed by atoms with Gasteiger partial charge in [-0.05, 0) is 0 Å². The Labute approximate surface area is 111 Å². The molecule has 0 aliphatic rings. The Morgan fingerprint density at radius 1 is 1.20 bits per heavy atom. The van der Waals surface area contributed by atoms with Crippen LogP contribution in [-0.4, -0.2) is 25.8 Å². The van der Waals surface area contributed by atoms with Crippen LogP contribution in [0.15, 0.2) is 24.9 Å². The third-order valence-corrected chi connectivity index (χ3v) is 2.19. The highest BCUT2D eigenvalue weighted by Crippen LogP contribution is 2.33. The predicted octanol–water partition coefficient (Wildman–Crippen LogP) is 1.91. The molecule has 0 unspecified atom stereocenters. The molecular weight excluding hydrogens is 275 g/mol. The van der Waals surface area contributed by atoms with Crippen LogP contribution in [0.25, 0.3) is 11.4 Å². The number of amides is 1. The molecule has 0 saturated heterocycles. The van der Waals surface area contributed by atoms with Gasteiger partial charge >= 0.3 is 6.18 Å². The lowest BCUT2D eigenvalue weighted by Crippen LogP contribution is -2.17. The minimum Gasteiger partial charge on any atom is -0.323 e. The Morgan fingerprint density at radius 2 is 1.85 bits per heavy atom. The van der Waals surface area contributed by atoms with Gasteiger partial charge in [0, 0.05) is 19.3 Å². The summed E-state index contributed by atoms with van der Waals surface area (Å²) in [6.45, 7) is 1.10. The van der Waals surface area contributed by atoms with Gasteiger partial charge in [-0.2, -0.15) is 13.2 Å². The van der Waals surface area contributed by atoms with E-state index in [2.05, 4.69) is 19.9 Å². The van der Waals surface area contributed by atoms with Crippen LogP contribution in [0.3, 0.4) is 0 Å². The van der Waals surface area contributed by atoms with Gasteiger partial charge in [0.1, 0.15) is 6.33 Å². The lowest BCUT2D eigenvalue weighted by molar-refractivity contribution is -0.140. The van der Waals surface area contributed by atoms with Crippen molar-refractivity contribution >= 4 is 11.6 Å². The third kappa shape index (κ3) is 3.05. The van der Waals surface area contributed by atoms with E-state index < -0.39 is 23.5 Å². The summed E-state index contributed by atoms with van der Waals surface area (Å²) in [5.41, 5.74) is -1.47. The van der Waals surface area contributed by atoms with E-state index in [1.54, 1.807) is 0 Å². The fraction of sp³-hybridized carbons (Fsp3) is 0.182. The molecule has 104 valence electrons. The Morgan fingerprint density at radius 3 is 2.40 bits per heavy atom. The van der Waals surface area contributed by atoms with Crippen LogP contribution in [0.2, 0.25) is 0 Å². The van der Waals surface area contributed by atoms with Crippen LogP contribution in [0, 0.1) is 0 Å². The largest absolute Gasteiger partial charge is 0.435 e. The third-order valence-electron chi connectivity index (χ3n) is 2.19. The van der Waals surface area contributed by atoms with Crippen molar-refractivity contribution in [2.24, 2.45) is 0 Å². The zero-order chi connectivity index (χ0) is 14.8. The quantitative estimate of drug-likeness (QED) is 0.910. The predicted molar refractivity (Wildman–Crippen MR) is 62.4 cm³/mol. The van der Waals surface area contributed by atoms with Crippen LogP contribution in [0.5, 0.6) is 0 Å². The summed E-state index contributed by atoms with van der Waals surface area (Å²) < 4.78 is 38.8. The Bertz CT molecular complexity index is 630. The molecule has 0 bridgehead atoms. The van der Waals surface area contributed by atoms with Crippen molar-refractivity contribution in [1.82, 2.24) is 19.9 Å². The van der Waals surface area contributed by atoms with E-state index in [4.69, 9.17) is 0 Å². The summed E-state index contributed by atoms with van der Waals surface area (Å²) in [5, 5.41) is 2.04. The number of anilines is 1. The smallest absolute Gasteiger partial charge is 0.323 e. The first-order valence-corrected chi connectivity index (χ1v) is 5.35. The second-order valence-corrected chi connectivity index (χ2v) is 3.76. The summed E-state index contributed by atoms with van der Waals surface area (Å²) in [6, 6.07) is 0. The molecule has 0 aromatic carbocycles. The van der Waals surface area contributed by atoms with Crippen molar-refractivity contribution in [1.29, 1.82) is 0 Å². The number of rotatable bonds is 2. The molecule has 6 nitrogen and oxygen atoms in total. The second kappa shape index (κ2) is 5.19. The average molecular weight is 283 g/mol. The summed E-state index contributed by atoms with van der Waals surface area (Å²) in [4.78, 5) is 25.5. The molecule has 0 atom stereocenters. The first-order valence-electron chi connectivity index (χ1n) is 5.35. The van der Waals surface area contributed by atoms with Gasteiger partial charge in [0.25, 0.3) is 0 Å². The van der Waals surface area contributed by atoms with Gasteiger partial charge in [-0.1, -0.05) is 0 Å². The number of hydrogen-bond donors (Lipinski definition) is 1. The Balaban J connectivity index is 2.52. The van der Waals surface area contributed by atoms with Gasteiger partial charge in [-0.25, -0.2) is 19.9 Å². The van der Waals surface area contributed by atoms with Gasteiger partial charge < -0.3 is 5.32 Å². The molecule has 1 N–H and O–H groups in total. The lowest BCUT2D eigenvalue weighted by Gasteiger charge is -2.12. The van der Waals surface area contributed by atoms with Gasteiger partial charge in [-0.3, -0.25) is 4.79 Å². The molecule has 9 heteroatoms. The Hall–Kier alpha value is -2.58. The summed E-state index contributed by atoms with van der Waals surface area (Å²) in [6.07, 6.45) is 0.00559. The maximum atomic E-state index is 12.9. The minimum atomic E-state index is -4.72. The van der Waals surface area contributed by atoms with E-state index in [0.29, 0.717) is 0 Å². The van der Waals surface area contributed by atoms with Gasteiger partial charge in [0.2, 0.25) is 5.91 Å². The van der Waals surface area contributed by atoms with Gasteiger partial charge in [0.05, 0.1) is 17.4 Å². The number of halogens is 3. The van der Waals surface area contributed by atoms with Crippen molar-refractivity contribution in [2.45, 2.75) is 13.1 Å². The fourth-order valence-corrected chi connectivity index (χ4v) is 1.43. The molecule has 2 heterocycles. The van der Waals surface area contributed by atoms with Crippen LogP contribution >= 0.6 is 0 Å². The normalized spacial score (nSPS) is 11.2. The fourth-order valence-electron chi connectivity index (χ4n) is 1.43. The summed E-state index contributed by atoms with van der Waals surface area (Å²) >= 11 is 0. The number of hydrogen-bond acceptors (Lipinski definition) is 5. The van der Waals surface area contributed by atoms with Crippen LogP contribution in [0.4, 0.5) is 18.9 Å². The maximum absolute atomic E-state index is 12.9. The summed E-state index contributed by atoms with van der Waals surface area (Å²) in [7, 11) is 0. The van der Waals surface area contributed by atoms with Crippen molar-refractivity contribution in [2.75, 3.05) is 5.32 Å². The number of aromatic nitrogens is 4. The monoisotopic (exact) mass is 283 g/mol. The van der Waals surface area contributed by atoms with E-state index >= 15 is 0 Å². The highest BCUT2D eigenvalue weighted by atomic mass is 19.4. The number of alkyl halides is 3. The molecule has 0 radical (unpaired) electrons. The number of carbonyl (C=O) groups excluding carboxylic acids is 1. The van der Waals surface area contributed by atoms with Crippen molar-refractivity contribution in [3.63, 3.8) is 0 Å². The highest BCUT2D eigenvalue weighted by Gasteiger charge is 2.36. The standard InChI is InChI=1S/C11H8F3N5O/c1-6(20)18-8-4-17-10(7-2-15-5-16-3-7)19-9(8)11(12,13)14/h2-5H,1H3,(H,18,20). The van der Waals surface area contributed by atoms with E-state index in [1.165, 1.54) is 18.7 Å². The van der Waals surface area contributed by atoms with Crippen LogP contribution in [-0.2, 0) is 11.0 Å². The first-order chi connectivity index (χ1) is 9.38. The molecular formula is C11H8F3N5O. The lowest BCUT2D eigenvalue weighted by atomic mass is 10.2. The number of carbonyl (C=O) groups is 1. The van der Waals surface area contributed by atoms with Crippen molar-refractivity contribution in [3.8, 4) is 11.4 Å². The minimum absolute atomic E-state index is 0.174. The molecule has 2 aromatic heterocycles. The number of nitrogens with one attached hydrogen (secondary N) is 1. The second-order valence-electron chi connectivity index (χ2n) is 3.76. The highest BCUT2D eigenvalue weighted by molar-refractivity contribution is 5.89. The van der Waals surface area contributed by atoms with Crippen LogP contribution < -0.4 is 5.32 Å². The topological polar surface area (TPSA) is 80.7 Å². The molecule has 20 heavy (non-hydrogen) atoms. The summed E-state index contributed by atoms with van der Waals surface area (Å²) in [5.74, 6) is -0.818. The van der Waals surface area contributed by atoms with E-state index in [0.717, 1.165) is 13.1 Å². The van der Waals surface area contributed by atoms with Crippen LogP contribution in [0.1, 0.15) is 12.6 Å². The zero-order valence-corrected chi connectivity index (χ0v) is 10.1. The molecule has 2 aromatic rings. The molecule has 0 aliphatic carbocycles. The molecule has 0 fully saturated rings. The van der Waals surface area contributed by atoms with Gasteiger partial charge in [0.15, 0.2) is 11.5 Å². The molecule has 1 amide bonds. The number of nitrogens with zero attached hydrogens (tertiary/aromatic N) is 4. The zero-order valence-electron chi connectivity index (χ0n) is 10.1. The average Bonchev–Trinajstić information content (AvgIpc) is 2.38. The van der Waals surface area contributed by atoms with E-state index in [9.17, 15) is 18.0 Å². The SMILES string of the molecule is CC(=O)Nc1cnc(-c2cncnc2)nc1C(F)(F)F. The van der Waals surface area contributed by atoms with Crippen molar-refractivity contribution < 1.29 is 18.0 Å². The Kier molecular flexibility index (Phi) is 3.59. The molecule has 0 aliphatic heterocycles. The molecule has 0 spiro atoms. The first kappa shape index (κ1) is 13.8. The van der Waals surface area contributed by atoms with Gasteiger partial charge in [-0.15, -0.1) is 0 Å². The molecule has 2 rings (SSSR count). The maximum Gasteiger partial charge on any atom is 0.435 e. The van der Waals surface area contributed by atoms with Crippen molar-refractivity contribution in [3.05, 3.63) is 30.6 Å². The van der Waals surface area contributed by atoms with E-state index in [-0.39, 0.29) is 11.4 Å². The molecule has 0 saturated carbocycles. The van der Waals surface area contributed by atoms with E-state index in [1.807, 2.05) is 5.32 Å².